The van der Waals surface area contributed by atoms with E-state index in [1.54, 1.807) is 0 Å². The number of piperidine rings is 1. The first kappa shape index (κ1) is 14.6. The van der Waals surface area contributed by atoms with Gasteiger partial charge in [0.15, 0.2) is 0 Å². The predicted molar refractivity (Wildman–Crippen MR) is 88.7 cm³/mol. The van der Waals surface area contributed by atoms with Crippen LogP contribution in [0.2, 0.25) is 5.02 Å². The molecule has 1 aliphatic heterocycles. The lowest BCUT2D eigenvalue weighted by atomic mass is 9.74. The monoisotopic (exact) mass is 303 g/mol. The fourth-order valence-electron chi connectivity index (χ4n) is 3.15. The topological polar surface area (TPSA) is 45.0 Å². The smallest absolute Gasteiger partial charge is 0.0456 e. The summed E-state index contributed by atoms with van der Waals surface area (Å²) >= 11 is 5.95. The average Bonchev–Trinajstić information content (AvgIpc) is 3.00. The summed E-state index contributed by atoms with van der Waals surface area (Å²) in [5, 5.41) is 0.763. The first-order valence-electron chi connectivity index (χ1n) is 7.46. The number of nitrogens with two attached hydrogens (primary N) is 1. The minimum Gasteiger partial charge on any atom is -0.361 e. The summed E-state index contributed by atoms with van der Waals surface area (Å²) in [4.78, 5) is 5.77. The Hall–Kier alpha value is -1.29. The van der Waals surface area contributed by atoms with Crippen molar-refractivity contribution in [3.63, 3.8) is 0 Å². The van der Waals surface area contributed by atoms with Crippen molar-refractivity contribution in [2.24, 2.45) is 5.73 Å². The third-order valence-electron chi connectivity index (χ3n) is 4.79. The molecule has 112 valence electrons. The van der Waals surface area contributed by atoms with Crippen LogP contribution in [0.25, 0.3) is 11.3 Å². The highest BCUT2D eigenvalue weighted by molar-refractivity contribution is 6.30. The van der Waals surface area contributed by atoms with E-state index in [9.17, 15) is 0 Å². The Bertz CT molecular complexity index is 595. The van der Waals surface area contributed by atoms with Gasteiger partial charge in [-0.25, -0.2) is 0 Å². The van der Waals surface area contributed by atoms with Crippen molar-refractivity contribution in [2.75, 3.05) is 26.7 Å². The predicted octanol–water partition coefficient (Wildman–Crippen LogP) is 3.26. The Balaban J connectivity index is 1.88. The van der Waals surface area contributed by atoms with Crippen LogP contribution in [0.1, 0.15) is 18.4 Å². The van der Waals surface area contributed by atoms with Crippen molar-refractivity contribution < 1.29 is 0 Å². The van der Waals surface area contributed by atoms with E-state index in [0.29, 0.717) is 6.54 Å². The molecule has 0 atom stereocenters. The van der Waals surface area contributed by atoms with Gasteiger partial charge in [-0.3, -0.25) is 0 Å². The first-order valence-corrected chi connectivity index (χ1v) is 7.84. The second kappa shape index (κ2) is 5.84. The third-order valence-corrected chi connectivity index (χ3v) is 5.04. The van der Waals surface area contributed by atoms with E-state index in [4.69, 9.17) is 17.3 Å². The molecule has 3 N–H and O–H groups in total. The molecule has 3 rings (SSSR count). The second-order valence-corrected chi connectivity index (χ2v) is 6.53. The molecule has 2 heterocycles. The van der Waals surface area contributed by atoms with Crippen molar-refractivity contribution in [3.8, 4) is 11.3 Å². The summed E-state index contributed by atoms with van der Waals surface area (Å²) in [6.07, 6.45) is 4.37. The Labute approximate surface area is 131 Å². The fraction of sp³-hybridized carbons (Fsp3) is 0.412. The summed E-state index contributed by atoms with van der Waals surface area (Å²) in [5.41, 5.74) is 9.88. The van der Waals surface area contributed by atoms with Gasteiger partial charge in [-0.15, -0.1) is 0 Å². The van der Waals surface area contributed by atoms with Gasteiger partial charge in [-0.2, -0.15) is 0 Å². The number of likely N-dealkylation sites (tertiary alicyclic amines) is 1. The van der Waals surface area contributed by atoms with Gasteiger partial charge in [-0.05, 0) is 62.3 Å². The fourth-order valence-corrected chi connectivity index (χ4v) is 3.28. The minimum atomic E-state index is 0.119. The molecule has 4 heteroatoms. The maximum Gasteiger partial charge on any atom is 0.0456 e. The van der Waals surface area contributed by atoms with Crippen LogP contribution in [-0.2, 0) is 5.41 Å². The van der Waals surface area contributed by atoms with Gasteiger partial charge in [0, 0.05) is 28.9 Å². The number of hydrogen-bond acceptors (Lipinski definition) is 2. The quantitative estimate of drug-likeness (QED) is 0.914. The number of nitrogens with one attached hydrogen (secondary N) is 1. The SMILES string of the molecule is CN1CCC(CN)(c2c[nH]c(-c3ccc(Cl)cc3)c2)CC1. The summed E-state index contributed by atoms with van der Waals surface area (Å²) < 4.78 is 0. The molecule has 1 aromatic carbocycles. The Morgan fingerprint density at radius 1 is 1.24 bits per heavy atom. The first-order chi connectivity index (χ1) is 10.1. The molecule has 0 aliphatic carbocycles. The van der Waals surface area contributed by atoms with Crippen LogP contribution in [0.15, 0.2) is 36.5 Å². The molecular formula is C17H22ClN3. The number of aromatic nitrogens is 1. The Morgan fingerprint density at radius 2 is 1.90 bits per heavy atom. The van der Waals surface area contributed by atoms with E-state index in [1.165, 1.54) is 5.56 Å². The second-order valence-electron chi connectivity index (χ2n) is 6.10. The maximum atomic E-state index is 6.13. The van der Waals surface area contributed by atoms with E-state index in [0.717, 1.165) is 42.2 Å². The number of benzene rings is 1. The van der Waals surface area contributed by atoms with Crippen molar-refractivity contribution in [1.82, 2.24) is 9.88 Å². The molecule has 0 spiro atoms. The highest BCUT2D eigenvalue weighted by Gasteiger charge is 2.34. The number of nitrogens with zero attached hydrogens (tertiary/aromatic N) is 1. The molecule has 3 nitrogen and oxygen atoms in total. The number of rotatable bonds is 3. The van der Waals surface area contributed by atoms with Crippen molar-refractivity contribution in [3.05, 3.63) is 47.1 Å². The molecule has 0 unspecified atom stereocenters. The Morgan fingerprint density at radius 3 is 2.52 bits per heavy atom. The van der Waals surface area contributed by atoms with Gasteiger partial charge in [0.25, 0.3) is 0 Å². The zero-order chi connectivity index (χ0) is 14.9. The van der Waals surface area contributed by atoms with Crippen LogP contribution >= 0.6 is 11.6 Å². The van der Waals surface area contributed by atoms with Gasteiger partial charge in [0.1, 0.15) is 0 Å². The van der Waals surface area contributed by atoms with Gasteiger partial charge in [0.05, 0.1) is 0 Å². The number of aromatic amines is 1. The molecule has 21 heavy (non-hydrogen) atoms. The number of hydrogen-bond donors (Lipinski definition) is 2. The van der Waals surface area contributed by atoms with Gasteiger partial charge < -0.3 is 15.6 Å². The summed E-state index contributed by atoms with van der Waals surface area (Å²) in [6, 6.07) is 10.2. The van der Waals surface area contributed by atoms with Crippen LogP contribution in [0.3, 0.4) is 0 Å². The largest absolute Gasteiger partial charge is 0.361 e. The Kier molecular flexibility index (Phi) is 4.07. The van der Waals surface area contributed by atoms with Crippen LogP contribution in [0.4, 0.5) is 0 Å². The van der Waals surface area contributed by atoms with Gasteiger partial charge >= 0.3 is 0 Å². The van der Waals surface area contributed by atoms with Crippen LogP contribution < -0.4 is 5.73 Å². The molecule has 1 aliphatic rings. The highest BCUT2D eigenvalue weighted by Crippen LogP contribution is 2.36. The number of H-pyrrole nitrogens is 1. The molecular weight excluding hydrogens is 282 g/mol. The molecule has 0 bridgehead atoms. The third kappa shape index (κ3) is 2.86. The molecule has 1 aromatic heterocycles. The van der Waals surface area contributed by atoms with Crippen molar-refractivity contribution >= 4 is 11.6 Å². The van der Waals surface area contributed by atoms with Crippen LogP contribution in [-0.4, -0.2) is 36.6 Å². The molecule has 2 aromatic rings. The molecule has 0 amide bonds. The van der Waals surface area contributed by atoms with Gasteiger partial charge in [0.2, 0.25) is 0 Å². The summed E-state index contributed by atoms with van der Waals surface area (Å²) in [7, 11) is 2.18. The standard InChI is InChI=1S/C17H22ClN3/c1-21-8-6-17(12-19,7-9-21)14-10-16(20-11-14)13-2-4-15(18)5-3-13/h2-5,10-11,20H,6-9,12,19H2,1H3. The average molecular weight is 304 g/mol. The normalized spacial score (nSPS) is 18.8. The lowest BCUT2D eigenvalue weighted by Gasteiger charge is -2.39. The van der Waals surface area contributed by atoms with Crippen LogP contribution in [0, 0.1) is 0 Å². The molecule has 1 fully saturated rings. The summed E-state index contributed by atoms with van der Waals surface area (Å²) in [6.45, 7) is 2.93. The van der Waals surface area contributed by atoms with Crippen molar-refractivity contribution in [2.45, 2.75) is 18.3 Å². The van der Waals surface area contributed by atoms with E-state index in [1.807, 2.05) is 24.3 Å². The highest BCUT2D eigenvalue weighted by atomic mass is 35.5. The van der Waals surface area contributed by atoms with Crippen LogP contribution in [0.5, 0.6) is 0 Å². The molecule has 1 saturated heterocycles. The zero-order valence-corrected chi connectivity index (χ0v) is 13.2. The zero-order valence-electron chi connectivity index (χ0n) is 12.4. The number of halogens is 1. The van der Waals surface area contributed by atoms with Crippen molar-refractivity contribution in [1.29, 1.82) is 0 Å². The molecule has 0 radical (unpaired) electrons. The molecule has 0 saturated carbocycles. The van der Waals surface area contributed by atoms with E-state index in [2.05, 4.69) is 29.2 Å². The van der Waals surface area contributed by atoms with E-state index >= 15 is 0 Å². The lowest BCUT2D eigenvalue weighted by molar-refractivity contribution is 0.192. The summed E-state index contributed by atoms with van der Waals surface area (Å²) in [5.74, 6) is 0. The van der Waals surface area contributed by atoms with Gasteiger partial charge in [-0.1, -0.05) is 23.7 Å². The van der Waals surface area contributed by atoms with E-state index < -0.39 is 0 Å². The maximum absolute atomic E-state index is 6.13. The minimum absolute atomic E-state index is 0.119. The lowest BCUT2D eigenvalue weighted by Crippen LogP contribution is -2.45. The van der Waals surface area contributed by atoms with E-state index in [-0.39, 0.29) is 5.41 Å².